The molecule has 21 heteroatoms. The molecule has 2 aliphatic rings. The molecule has 0 spiro atoms. The van der Waals surface area contributed by atoms with Crippen LogP contribution < -0.4 is 36.1 Å². The molecule has 8 rings (SSSR count). The summed E-state index contributed by atoms with van der Waals surface area (Å²) >= 11 is 0. The average molecular weight is 897 g/mol. The Kier molecular flexibility index (Phi) is 16.2. The summed E-state index contributed by atoms with van der Waals surface area (Å²) in [4.78, 5) is 63.5. The monoisotopic (exact) mass is 896 g/mol. The van der Waals surface area contributed by atoms with Gasteiger partial charge in [-0.3, -0.25) is 14.4 Å². The number of aromatic nitrogens is 4. The molecule has 0 bridgehead atoms. The van der Waals surface area contributed by atoms with E-state index in [1.807, 2.05) is 0 Å². The van der Waals surface area contributed by atoms with Gasteiger partial charge in [-0.25, -0.2) is 24.7 Å². The van der Waals surface area contributed by atoms with Crippen LogP contribution in [0.5, 0.6) is 11.5 Å². The highest BCUT2D eigenvalue weighted by atomic mass is 19.3. The minimum atomic E-state index is -2.87. The molecule has 4 aromatic carbocycles. The van der Waals surface area contributed by atoms with Gasteiger partial charge in [0.25, 0.3) is 5.91 Å². The third-order valence-corrected chi connectivity index (χ3v) is 9.14. The molecule has 6 N–H and O–H groups in total. The Labute approximate surface area is 368 Å². The van der Waals surface area contributed by atoms with Crippen LogP contribution in [0.3, 0.4) is 0 Å². The van der Waals surface area contributed by atoms with Crippen LogP contribution in [0.4, 0.5) is 40.8 Å². The lowest BCUT2D eigenvalue weighted by Crippen LogP contribution is -2.49. The number of anilines is 4. The van der Waals surface area contributed by atoms with Crippen molar-refractivity contribution in [1.82, 2.24) is 40.8 Å². The third-order valence-electron chi connectivity index (χ3n) is 9.14. The van der Waals surface area contributed by atoms with E-state index in [9.17, 15) is 36.7 Å². The molecule has 3 amide bonds. The summed E-state index contributed by atoms with van der Waals surface area (Å²) in [5.41, 5.74) is 4.95. The Morgan fingerprint density at radius 3 is 1.40 bits per heavy atom. The van der Waals surface area contributed by atoms with Crippen molar-refractivity contribution < 1.29 is 51.3 Å². The van der Waals surface area contributed by atoms with Gasteiger partial charge in [-0.2, -0.15) is 17.6 Å². The number of alkyl halides is 4. The number of carbonyl (C=O) groups is 4. The first-order valence-electron chi connectivity index (χ1n) is 19.6. The van der Waals surface area contributed by atoms with Gasteiger partial charge in [0.05, 0.1) is 18.7 Å². The number of carboxylic acids is 1. The summed E-state index contributed by atoms with van der Waals surface area (Å²) in [7, 11) is 0. The van der Waals surface area contributed by atoms with Gasteiger partial charge in [-0.1, -0.05) is 24.3 Å². The molecule has 17 nitrogen and oxygen atoms in total. The van der Waals surface area contributed by atoms with Crippen molar-refractivity contribution in [1.29, 1.82) is 0 Å². The Morgan fingerprint density at radius 1 is 0.585 bits per heavy atom. The highest BCUT2D eigenvalue weighted by Crippen LogP contribution is 2.25. The lowest BCUT2D eigenvalue weighted by Gasteiger charge is -2.26. The van der Waals surface area contributed by atoms with Crippen molar-refractivity contribution in [2.45, 2.75) is 13.2 Å². The molecule has 0 atom stereocenters. The summed E-state index contributed by atoms with van der Waals surface area (Å²) in [6.07, 6.45) is 6.39. The Morgan fingerprint density at radius 2 is 1.03 bits per heavy atom. The van der Waals surface area contributed by atoms with Crippen LogP contribution in [0.15, 0.2) is 122 Å². The zero-order valence-corrected chi connectivity index (χ0v) is 34.1. The molecule has 6 aromatic rings. The predicted octanol–water partition coefficient (Wildman–Crippen LogP) is 5.95. The second kappa shape index (κ2) is 22.8. The molecule has 0 radical (unpaired) electrons. The summed E-state index contributed by atoms with van der Waals surface area (Å²) < 4.78 is 57.4. The van der Waals surface area contributed by atoms with E-state index < -0.39 is 19.2 Å². The van der Waals surface area contributed by atoms with Crippen LogP contribution in [0.1, 0.15) is 20.7 Å². The smallest absolute Gasteiger partial charge is 0.387 e. The molecule has 2 aromatic heterocycles. The lowest BCUT2D eigenvalue weighted by molar-refractivity contribution is -0.123. The SMILES string of the molecule is O=C(O)c1ccc(Nc2ncc(-c3ccc(OC(F)F)cc3)cn2)cc1.O=C1CN(C(=O)c2ccc(Nc3ncc(-c4ccc(OC(F)F)cc4)cn3)cc2)CCN1.O=C1CNCCN1. The number of carbonyl (C=O) groups excluding carboxylic acids is 3. The molecule has 0 unspecified atom stereocenters. The van der Waals surface area contributed by atoms with E-state index in [1.54, 1.807) is 85.5 Å². The first-order chi connectivity index (χ1) is 31.4. The van der Waals surface area contributed by atoms with Gasteiger partial charge >= 0.3 is 19.2 Å². The van der Waals surface area contributed by atoms with Crippen LogP contribution in [-0.2, 0) is 9.59 Å². The first kappa shape index (κ1) is 46.3. The van der Waals surface area contributed by atoms with Crippen molar-refractivity contribution in [3.8, 4) is 33.8 Å². The number of nitrogens with one attached hydrogen (secondary N) is 5. The number of piperazine rings is 2. The van der Waals surface area contributed by atoms with Crippen molar-refractivity contribution in [2.75, 3.05) is 49.9 Å². The highest BCUT2D eigenvalue weighted by Gasteiger charge is 2.22. The molecular formula is C44H40F4N10O7. The number of ether oxygens (including phenoxy) is 2. The van der Waals surface area contributed by atoms with Crippen LogP contribution in [0, 0.1) is 0 Å². The van der Waals surface area contributed by atoms with Crippen molar-refractivity contribution in [3.63, 3.8) is 0 Å². The molecule has 0 saturated carbocycles. The number of benzene rings is 4. The summed E-state index contributed by atoms with van der Waals surface area (Å²) in [5.74, 6) is -0.403. The van der Waals surface area contributed by atoms with E-state index in [-0.39, 0.29) is 41.3 Å². The van der Waals surface area contributed by atoms with Crippen LogP contribution >= 0.6 is 0 Å². The number of hydrogen-bond donors (Lipinski definition) is 6. The van der Waals surface area contributed by atoms with Gasteiger partial charge < -0.3 is 46.1 Å². The highest BCUT2D eigenvalue weighted by molar-refractivity contribution is 5.97. The zero-order valence-electron chi connectivity index (χ0n) is 34.1. The van der Waals surface area contributed by atoms with Gasteiger partial charge in [-0.15, -0.1) is 0 Å². The van der Waals surface area contributed by atoms with E-state index in [0.717, 1.165) is 24.2 Å². The summed E-state index contributed by atoms with van der Waals surface area (Å²) in [6, 6.07) is 25.3. The summed E-state index contributed by atoms with van der Waals surface area (Å²) in [5, 5.41) is 23.2. The minimum absolute atomic E-state index is 0.0565. The summed E-state index contributed by atoms with van der Waals surface area (Å²) in [6.45, 7) is -2.57. The standard InChI is InChI=1S/C22H19F2N5O3.C18H13F2N3O3.C4H8N2O/c23-21(24)32-18-7-3-14(4-8-18)16-11-26-22(27-12-16)28-17-5-1-15(2-6-17)20(31)29-10-9-25-19(30)13-29;19-17(20)26-15-7-3-11(4-8-15)13-9-21-18(22-10-13)23-14-5-1-12(2-6-14)16(24)25;7-4-3-5-1-2-6-4/h1-8,11-12,21H,9-10,13H2,(H,25,30)(H,26,27,28);1-10,17H,(H,24,25)(H,21,22,23);5H,1-3H2,(H,6,7). The maximum atomic E-state index is 12.5. The Hall–Kier alpha value is -8.20. The largest absolute Gasteiger partial charge is 0.478 e. The van der Waals surface area contributed by atoms with Crippen molar-refractivity contribution >= 4 is 47.0 Å². The number of amides is 3. The second-order valence-electron chi connectivity index (χ2n) is 13.7. The van der Waals surface area contributed by atoms with Gasteiger partial charge in [0, 0.05) is 79.0 Å². The van der Waals surface area contributed by atoms with Crippen LogP contribution in [-0.4, -0.2) is 106 Å². The molecule has 336 valence electrons. The molecule has 2 fully saturated rings. The molecule has 2 saturated heterocycles. The topological polar surface area (TPSA) is 222 Å². The number of carboxylic acid groups (broad SMARTS) is 1. The van der Waals surface area contributed by atoms with Crippen molar-refractivity contribution in [3.05, 3.63) is 133 Å². The van der Waals surface area contributed by atoms with E-state index >= 15 is 0 Å². The second-order valence-corrected chi connectivity index (χ2v) is 13.7. The minimum Gasteiger partial charge on any atom is -0.478 e. The lowest BCUT2D eigenvalue weighted by atomic mass is 10.1. The normalized spacial score (nSPS) is 13.2. The van der Waals surface area contributed by atoms with Crippen molar-refractivity contribution in [2.24, 2.45) is 0 Å². The number of rotatable bonds is 12. The molecule has 65 heavy (non-hydrogen) atoms. The average Bonchev–Trinajstić information content (AvgIpc) is 3.31. The van der Waals surface area contributed by atoms with Gasteiger partial charge in [0.15, 0.2) is 0 Å². The Bertz CT molecular complexity index is 2500. The Balaban J connectivity index is 0.000000190. The zero-order chi connectivity index (χ0) is 46.1. The fraction of sp³-hybridized carbons (Fsp3) is 0.182. The number of nitrogens with zero attached hydrogens (tertiary/aromatic N) is 5. The fourth-order valence-electron chi connectivity index (χ4n) is 5.94. The quantitative estimate of drug-likeness (QED) is 0.0782. The molecule has 2 aliphatic heterocycles. The number of halogens is 4. The van der Waals surface area contributed by atoms with Gasteiger partial charge in [-0.05, 0) is 83.9 Å². The van der Waals surface area contributed by atoms with E-state index in [2.05, 4.69) is 56.0 Å². The molecule has 0 aliphatic carbocycles. The van der Waals surface area contributed by atoms with E-state index in [4.69, 9.17) is 5.11 Å². The van der Waals surface area contributed by atoms with Gasteiger partial charge in [0.2, 0.25) is 23.7 Å². The van der Waals surface area contributed by atoms with Gasteiger partial charge in [0.1, 0.15) is 11.5 Å². The fourth-order valence-corrected chi connectivity index (χ4v) is 5.94. The van der Waals surface area contributed by atoms with E-state index in [0.29, 0.717) is 59.6 Å². The number of hydrogen-bond acceptors (Lipinski definition) is 13. The maximum absolute atomic E-state index is 12.5. The molecule has 4 heterocycles. The van der Waals surface area contributed by atoms with Crippen LogP contribution in [0.25, 0.3) is 22.3 Å². The number of aromatic carboxylic acids is 1. The predicted molar refractivity (Wildman–Crippen MR) is 229 cm³/mol. The first-order valence-corrected chi connectivity index (χ1v) is 19.6. The molecular weight excluding hydrogens is 857 g/mol. The maximum Gasteiger partial charge on any atom is 0.387 e. The van der Waals surface area contributed by atoms with Crippen LogP contribution in [0.2, 0.25) is 0 Å². The van der Waals surface area contributed by atoms with E-state index in [1.165, 1.54) is 41.3 Å². The third kappa shape index (κ3) is 14.4.